The summed E-state index contributed by atoms with van der Waals surface area (Å²) in [6.45, 7) is 4.96. The van der Waals surface area contributed by atoms with Gasteiger partial charge in [0.25, 0.3) is 0 Å². The molecule has 2 amide bonds. The summed E-state index contributed by atoms with van der Waals surface area (Å²) in [5.41, 5.74) is 1.95. The molecule has 0 aliphatic heterocycles. The van der Waals surface area contributed by atoms with Gasteiger partial charge < -0.3 is 14.6 Å². The van der Waals surface area contributed by atoms with Crippen LogP contribution >= 0.6 is 11.3 Å². The molecule has 0 atom stereocenters. The van der Waals surface area contributed by atoms with Gasteiger partial charge >= 0.3 is 6.03 Å². The number of hydrogen-bond donors (Lipinski definition) is 1. The number of thiazole rings is 1. The van der Waals surface area contributed by atoms with Gasteiger partial charge in [0.15, 0.2) is 0 Å². The maximum absolute atomic E-state index is 12.2. The van der Waals surface area contributed by atoms with E-state index in [4.69, 9.17) is 4.42 Å². The molecule has 27 heavy (non-hydrogen) atoms. The third-order valence-electron chi connectivity index (χ3n) is 4.12. The molecule has 3 rings (SSSR count). The number of nitrogens with zero attached hydrogens (tertiary/aromatic N) is 4. The van der Waals surface area contributed by atoms with Crippen LogP contribution in [0.4, 0.5) is 4.79 Å². The number of urea groups is 1. The van der Waals surface area contributed by atoms with E-state index in [1.807, 2.05) is 37.3 Å². The molecule has 0 aliphatic rings. The highest BCUT2D eigenvalue weighted by Gasteiger charge is 2.14. The van der Waals surface area contributed by atoms with Crippen molar-refractivity contribution in [1.82, 2.24) is 25.4 Å². The standard InChI is InChI=1S/C19H23N5O2S/c1-13-14(2)27-17(21-13)10-7-11-20-19(25)24(3)12-16-22-23-18(26-16)15-8-5-4-6-9-15/h4-6,8-9H,7,10-12H2,1-3H3,(H,20,25). The second-order valence-electron chi connectivity index (χ2n) is 6.31. The van der Waals surface area contributed by atoms with Crippen molar-refractivity contribution in [3.8, 4) is 11.5 Å². The van der Waals surface area contributed by atoms with Crippen molar-refractivity contribution in [3.05, 3.63) is 51.8 Å². The normalized spacial score (nSPS) is 10.8. The average molecular weight is 385 g/mol. The van der Waals surface area contributed by atoms with E-state index in [0.717, 1.165) is 29.1 Å². The van der Waals surface area contributed by atoms with Crippen molar-refractivity contribution in [2.75, 3.05) is 13.6 Å². The lowest BCUT2D eigenvalue weighted by molar-refractivity contribution is 0.202. The molecule has 3 aromatic rings. The minimum absolute atomic E-state index is 0.166. The van der Waals surface area contributed by atoms with Gasteiger partial charge in [0.1, 0.15) is 6.54 Å². The zero-order chi connectivity index (χ0) is 19.2. The van der Waals surface area contributed by atoms with Gasteiger partial charge in [-0.1, -0.05) is 18.2 Å². The summed E-state index contributed by atoms with van der Waals surface area (Å²) < 4.78 is 5.64. The lowest BCUT2D eigenvalue weighted by Crippen LogP contribution is -2.37. The summed E-state index contributed by atoms with van der Waals surface area (Å²) in [6, 6.07) is 9.38. The first kappa shape index (κ1) is 19.0. The highest BCUT2D eigenvalue weighted by molar-refractivity contribution is 7.11. The molecule has 0 saturated carbocycles. The lowest BCUT2D eigenvalue weighted by Gasteiger charge is -2.15. The third-order valence-corrected chi connectivity index (χ3v) is 5.26. The molecule has 0 saturated heterocycles. The molecule has 0 bridgehead atoms. The van der Waals surface area contributed by atoms with Crippen LogP contribution in [0, 0.1) is 13.8 Å². The Kier molecular flexibility index (Phi) is 6.18. The van der Waals surface area contributed by atoms with Crippen molar-refractivity contribution < 1.29 is 9.21 Å². The van der Waals surface area contributed by atoms with Gasteiger partial charge in [0, 0.05) is 30.5 Å². The SMILES string of the molecule is Cc1nc(CCCNC(=O)N(C)Cc2nnc(-c3ccccc3)o2)sc1C. The molecule has 0 fully saturated rings. The largest absolute Gasteiger partial charge is 0.419 e. The third kappa shape index (κ3) is 5.13. The fraction of sp³-hybridized carbons (Fsp3) is 0.368. The molecule has 7 nitrogen and oxygen atoms in total. The van der Waals surface area contributed by atoms with Crippen molar-refractivity contribution >= 4 is 17.4 Å². The fourth-order valence-corrected chi connectivity index (χ4v) is 3.48. The minimum Gasteiger partial charge on any atom is -0.419 e. The van der Waals surface area contributed by atoms with Crippen LogP contribution in [-0.4, -0.2) is 39.7 Å². The van der Waals surface area contributed by atoms with Gasteiger partial charge in [-0.2, -0.15) is 0 Å². The quantitative estimate of drug-likeness (QED) is 0.629. The Hall–Kier alpha value is -2.74. The summed E-state index contributed by atoms with van der Waals surface area (Å²) in [5.74, 6) is 0.855. The Morgan fingerprint density at radius 3 is 2.70 bits per heavy atom. The summed E-state index contributed by atoms with van der Waals surface area (Å²) in [5, 5.41) is 12.1. The average Bonchev–Trinajstić information content (AvgIpc) is 3.26. The Morgan fingerprint density at radius 2 is 2.00 bits per heavy atom. The number of rotatable bonds is 7. The number of aromatic nitrogens is 3. The van der Waals surface area contributed by atoms with Crippen LogP contribution in [0.2, 0.25) is 0 Å². The van der Waals surface area contributed by atoms with Crippen LogP contribution < -0.4 is 5.32 Å². The first-order valence-electron chi connectivity index (χ1n) is 8.82. The Morgan fingerprint density at radius 1 is 1.22 bits per heavy atom. The molecule has 2 aromatic heterocycles. The molecule has 1 N–H and O–H groups in total. The highest BCUT2D eigenvalue weighted by atomic mass is 32.1. The predicted molar refractivity (Wildman–Crippen MR) is 105 cm³/mol. The van der Waals surface area contributed by atoms with Gasteiger partial charge in [-0.15, -0.1) is 21.5 Å². The van der Waals surface area contributed by atoms with Crippen LogP contribution in [0.5, 0.6) is 0 Å². The molecular weight excluding hydrogens is 362 g/mol. The van der Waals surface area contributed by atoms with Crippen LogP contribution in [0.3, 0.4) is 0 Å². The van der Waals surface area contributed by atoms with E-state index in [9.17, 15) is 4.79 Å². The van der Waals surface area contributed by atoms with E-state index in [-0.39, 0.29) is 12.6 Å². The van der Waals surface area contributed by atoms with Crippen molar-refractivity contribution in [1.29, 1.82) is 0 Å². The summed E-state index contributed by atoms with van der Waals surface area (Å²) >= 11 is 1.72. The number of aryl methyl sites for hydroxylation is 3. The lowest BCUT2D eigenvalue weighted by atomic mass is 10.2. The van der Waals surface area contributed by atoms with Crippen LogP contribution in [0.25, 0.3) is 11.5 Å². The zero-order valence-electron chi connectivity index (χ0n) is 15.7. The van der Waals surface area contributed by atoms with Gasteiger partial charge in [0.2, 0.25) is 11.8 Å². The van der Waals surface area contributed by atoms with E-state index >= 15 is 0 Å². The van der Waals surface area contributed by atoms with Crippen molar-refractivity contribution in [3.63, 3.8) is 0 Å². The van der Waals surface area contributed by atoms with Crippen molar-refractivity contribution in [2.45, 2.75) is 33.2 Å². The monoisotopic (exact) mass is 385 g/mol. The topological polar surface area (TPSA) is 84.2 Å². The van der Waals surface area contributed by atoms with Crippen LogP contribution in [-0.2, 0) is 13.0 Å². The number of benzene rings is 1. The maximum atomic E-state index is 12.2. The van der Waals surface area contributed by atoms with Gasteiger partial charge in [-0.05, 0) is 32.4 Å². The Labute approximate surface area is 162 Å². The Bertz CT molecular complexity index is 871. The molecule has 2 heterocycles. The maximum Gasteiger partial charge on any atom is 0.317 e. The number of hydrogen-bond acceptors (Lipinski definition) is 6. The first-order chi connectivity index (χ1) is 13.0. The van der Waals surface area contributed by atoms with E-state index in [1.54, 1.807) is 18.4 Å². The highest BCUT2D eigenvalue weighted by Crippen LogP contribution is 2.18. The smallest absolute Gasteiger partial charge is 0.317 e. The minimum atomic E-state index is -0.166. The second kappa shape index (κ2) is 8.77. The van der Waals surface area contributed by atoms with Gasteiger partial charge in [-0.3, -0.25) is 0 Å². The molecule has 142 valence electrons. The second-order valence-corrected chi connectivity index (χ2v) is 7.60. The predicted octanol–water partition coefficient (Wildman–Crippen LogP) is 3.58. The molecule has 0 spiro atoms. The molecule has 0 unspecified atom stereocenters. The van der Waals surface area contributed by atoms with E-state index < -0.39 is 0 Å². The Balaban J connectivity index is 1.43. The molecule has 8 heteroatoms. The number of nitrogens with one attached hydrogen (secondary N) is 1. The first-order valence-corrected chi connectivity index (χ1v) is 9.64. The number of amides is 2. The molecule has 0 radical (unpaired) electrons. The number of carbonyl (C=O) groups excluding carboxylic acids is 1. The molecule has 0 aliphatic carbocycles. The van der Waals surface area contributed by atoms with Crippen LogP contribution in [0.1, 0.15) is 27.9 Å². The van der Waals surface area contributed by atoms with Gasteiger partial charge in [-0.25, -0.2) is 9.78 Å². The summed E-state index contributed by atoms with van der Waals surface area (Å²) in [4.78, 5) is 19.5. The van der Waals surface area contributed by atoms with Crippen LogP contribution in [0.15, 0.2) is 34.7 Å². The zero-order valence-corrected chi connectivity index (χ0v) is 16.5. The van der Waals surface area contributed by atoms with E-state index in [2.05, 4.69) is 27.4 Å². The van der Waals surface area contributed by atoms with Gasteiger partial charge in [0.05, 0.1) is 10.7 Å². The van der Waals surface area contributed by atoms with Crippen molar-refractivity contribution in [2.24, 2.45) is 0 Å². The molecular formula is C19H23N5O2S. The fourth-order valence-electron chi connectivity index (χ4n) is 2.51. The van der Waals surface area contributed by atoms with E-state index in [1.165, 1.54) is 9.78 Å². The summed E-state index contributed by atoms with van der Waals surface area (Å²) in [6.07, 6.45) is 1.72. The summed E-state index contributed by atoms with van der Waals surface area (Å²) in [7, 11) is 1.70. The number of carbonyl (C=O) groups is 1. The molecule has 1 aromatic carbocycles. The van der Waals surface area contributed by atoms with E-state index in [0.29, 0.717) is 18.3 Å².